The summed E-state index contributed by atoms with van der Waals surface area (Å²) in [4.78, 5) is 11.0. The third-order valence-corrected chi connectivity index (χ3v) is 2.30. The largest absolute Gasteiger partial charge is 0.460 e. The maximum absolute atomic E-state index is 11.0. The van der Waals surface area contributed by atoms with Gasteiger partial charge in [-0.3, -0.25) is 4.18 Å². The van der Waals surface area contributed by atoms with Crippen LogP contribution < -0.4 is 0 Å². The van der Waals surface area contributed by atoms with Crippen molar-refractivity contribution in [2.45, 2.75) is 6.92 Å². The molecule has 112 valence electrons. The summed E-state index contributed by atoms with van der Waals surface area (Å²) in [5.41, 5.74) is 0.342. The quantitative estimate of drug-likeness (QED) is 0.231. The van der Waals surface area contributed by atoms with Crippen molar-refractivity contribution < 1.29 is 31.6 Å². The molecule has 0 aliphatic carbocycles. The summed E-state index contributed by atoms with van der Waals surface area (Å²) >= 11 is 0. The molecule has 19 heavy (non-hydrogen) atoms. The fraction of sp³-hybridized carbons (Fsp3) is 0.727. The number of esters is 1. The first-order valence-corrected chi connectivity index (χ1v) is 7.47. The van der Waals surface area contributed by atoms with Crippen LogP contribution in [0.5, 0.6) is 0 Å². The Labute approximate surface area is 113 Å². The minimum absolute atomic E-state index is 0.0188. The number of carbonyl (C=O) groups excluding carboxylic acids is 1. The van der Waals surface area contributed by atoms with Gasteiger partial charge in [0, 0.05) is 5.57 Å². The van der Waals surface area contributed by atoms with Gasteiger partial charge in [-0.2, -0.15) is 8.42 Å². The molecule has 0 atom stereocenters. The second kappa shape index (κ2) is 9.90. The number of carbonyl (C=O) groups is 1. The van der Waals surface area contributed by atoms with E-state index in [0.29, 0.717) is 18.8 Å². The molecular formula is C11H20O7S. The summed E-state index contributed by atoms with van der Waals surface area (Å²) < 4.78 is 40.6. The van der Waals surface area contributed by atoms with Gasteiger partial charge in [-0.15, -0.1) is 0 Å². The lowest BCUT2D eigenvalue weighted by Crippen LogP contribution is -2.14. The summed E-state index contributed by atoms with van der Waals surface area (Å²) in [6.45, 7) is 6.20. The van der Waals surface area contributed by atoms with Crippen LogP contribution in [0.1, 0.15) is 6.92 Å². The van der Waals surface area contributed by atoms with E-state index in [0.717, 1.165) is 6.26 Å². The van der Waals surface area contributed by atoms with Crippen LogP contribution in [0.3, 0.4) is 0 Å². The molecule has 8 heteroatoms. The summed E-state index contributed by atoms with van der Waals surface area (Å²) in [5, 5.41) is 0. The molecule has 0 saturated carbocycles. The molecule has 0 radical (unpaired) electrons. The molecule has 0 saturated heterocycles. The molecule has 0 rings (SSSR count). The Hall–Kier alpha value is -0.960. The zero-order valence-corrected chi connectivity index (χ0v) is 12.0. The maximum Gasteiger partial charge on any atom is 0.333 e. The SMILES string of the molecule is C=C(C)C(=O)OCCOCCOCCOS(C)(=O)=O. The molecule has 0 aromatic rings. The number of ether oxygens (including phenoxy) is 3. The smallest absolute Gasteiger partial charge is 0.333 e. The Morgan fingerprint density at radius 1 is 1.00 bits per heavy atom. The molecule has 7 nitrogen and oxygen atoms in total. The molecule has 0 fully saturated rings. The van der Waals surface area contributed by atoms with Crippen molar-refractivity contribution in [3.63, 3.8) is 0 Å². The van der Waals surface area contributed by atoms with Gasteiger partial charge < -0.3 is 14.2 Å². The van der Waals surface area contributed by atoms with Crippen molar-refractivity contribution in [3.8, 4) is 0 Å². The van der Waals surface area contributed by atoms with Crippen molar-refractivity contribution in [1.82, 2.24) is 0 Å². The van der Waals surface area contributed by atoms with E-state index >= 15 is 0 Å². The van der Waals surface area contributed by atoms with E-state index in [-0.39, 0.29) is 26.4 Å². The van der Waals surface area contributed by atoms with E-state index in [1.165, 1.54) is 0 Å². The first-order valence-electron chi connectivity index (χ1n) is 5.65. The summed E-state index contributed by atoms with van der Waals surface area (Å²) in [5.74, 6) is -0.447. The van der Waals surface area contributed by atoms with E-state index in [9.17, 15) is 13.2 Å². The zero-order valence-electron chi connectivity index (χ0n) is 11.2. The molecule has 0 bridgehead atoms. The monoisotopic (exact) mass is 296 g/mol. The lowest BCUT2D eigenvalue weighted by Gasteiger charge is -2.06. The minimum atomic E-state index is -3.41. The minimum Gasteiger partial charge on any atom is -0.460 e. The molecule has 0 N–H and O–H groups in total. The van der Waals surface area contributed by atoms with Crippen molar-refractivity contribution in [2.75, 3.05) is 45.9 Å². The third kappa shape index (κ3) is 13.3. The fourth-order valence-corrected chi connectivity index (χ4v) is 1.25. The van der Waals surface area contributed by atoms with Crippen molar-refractivity contribution in [1.29, 1.82) is 0 Å². The summed E-state index contributed by atoms with van der Waals surface area (Å²) in [7, 11) is -3.41. The lowest BCUT2D eigenvalue weighted by molar-refractivity contribution is -0.140. The predicted octanol–water partition coefficient (Wildman–Crippen LogP) is 0.115. The van der Waals surface area contributed by atoms with Crippen LogP contribution in [0.25, 0.3) is 0 Å². The Kier molecular flexibility index (Phi) is 9.40. The molecular weight excluding hydrogens is 276 g/mol. The van der Waals surface area contributed by atoms with Crippen LogP contribution >= 0.6 is 0 Å². The van der Waals surface area contributed by atoms with E-state index in [2.05, 4.69) is 10.8 Å². The molecule has 0 heterocycles. The normalized spacial score (nSPS) is 11.3. The Morgan fingerprint density at radius 2 is 1.47 bits per heavy atom. The Balaban J connectivity index is 3.24. The number of hydrogen-bond donors (Lipinski definition) is 0. The lowest BCUT2D eigenvalue weighted by atomic mass is 10.4. The second-order valence-electron chi connectivity index (χ2n) is 3.67. The van der Waals surface area contributed by atoms with Gasteiger partial charge in [-0.05, 0) is 6.92 Å². The fourth-order valence-electron chi connectivity index (χ4n) is 0.883. The average molecular weight is 296 g/mol. The number of hydrogen-bond acceptors (Lipinski definition) is 7. The second-order valence-corrected chi connectivity index (χ2v) is 5.31. The van der Waals surface area contributed by atoms with E-state index < -0.39 is 16.1 Å². The van der Waals surface area contributed by atoms with Gasteiger partial charge in [0.2, 0.25) is 0 Å². The highest BCUT2D eigenvalue weighted by Crippen LogP contribution is 1.91. The van der Waals surface area contributed by atoms with Crippen molar-refractivity contribution in [3.05, 3.63) is 12.2 Å². The van der Waals surface area contributed by atoms with Crippen LogP contribution in [0.4, 0.5) is 0 Å². The van der Waals surface area contributed by atoms with Gasteiger partial charge in [-0.25, -0.2) is 4.79 Å². The predicted molar refractivity (Wildman–Crippen MR) is 68.2 cm³/mol. The molecule has 0 amide bonds. The number of rotatable bonds is 11. The van der Waals surface area contributed by atoms with Gasteiger partial charge in [0.15, 0.2) is 0 Å². The summed E-state index contributed by atoms with van der Waals surface area (Å²) in [6, 6.07) is 0. The highest BCUT2D eigenvalue weighted by molar-refractivity contribution is 7.85. The topological polar surface area (TPSA) is 88.1 Å². The third-order valence-electron chi connectivity index (χ3n) is 1.71. The van der Waals surface area contributed by atoms with Crippen molar-refractivity contribution >= 4 is 16.1 Å². The van der Waals surface area contributed by atoms with Gasteiger partial charge in [0.1, 0.15) is 6.61 Å². The molecule has 0 aromatic heterocycles. The van der Waals surface area contributed by atoms with Crippen LogP contribution in [-0.4, -0.2) is 60.3 Å². The van der Waals surface area contributed by atoms with Crippen LogP contribution in [0, 0.1) is 0 Å². The maximum atomic E-state index is 11.0. The molecule has 0 aliphatic rings. The van der Waals surface area contributed by atoms with E-state index in [1.807, 2.05) is 0 Å². The molecule has 0 unspecified atom stereocenters. The Morgan fingerprint density at radius 3 is 1.95 bits per heavy atom. The van der Waals surface area contributed by atoms with E-state index in [4.69, 9.17) is 14.2 Å². The van der Waals surface area contributed by atoms with Gasteiger partial charge in [0.25, 0.3) is 10.1 Å². The first kappa shape index (κ1) is 18.0. The summed E-state index contributed by atoms with van der Waals surface area (Å²) in [6.07, 6.45) is 0.975. The Bertz CT molecular complexity index is 375. The van der Waals surface area contributed by atoms with Gasteiger partial charge in [-0.1, -0.05) is 6.58 Å². The zero-order chi connectivity index (χ0) is 14.7. The first-order chi connectivity index (χ1) is 8.83. The van der Waals surface area contributed by atoms with Gasteiger partial charge >= 0.3 is 5.97 Å². The van der Waals surface area contributed by atoms with Gasteiger partial charge in [0.05, 0.1) is 39.3 Å². The highest BCUT2D eigenvalue weighted by Gasteiger charge is 2.02. The van der Waals surface area contributed by atoms with Crippen molar-refractivity contribution in [2.24, 2.45) is 0 Å². The molecule has 0 spiro atoms. The molecule has 0 aromatic carbocycles. The standard InChI is InChI=1S/C11H20O7S/c1-10(2)11(12)17-8-6-15-4-5-16-7-9-18-19(3,13)14/h1,4-9H2,2-3H3. The average Bonchev–Trinajstić information content (AvgIpc) is 2.29. The van der Waals surface area contributed by atoms with Crippen LogP contribution in [-0.2, 0) is 33.3 Å². The van der Waals surface area contributed by atoms with Crippen LogP contribution in [0.15, 0.2) is 12.2 Å². The highest BCUT2D eigenvalue weighted by atomic mass is 32.2. The van der Waals surface area contributed by atoms with Crippen LogP contribution in [0.2, 0.25) is 0 Å². The van der Waals surface area contributed by atoms with E-state index in [1.54, 1.807) is 6.92 Å². The molecule has 0 aliphatic heterocycles.